The molecule has 3 unspecified atom stereocenters. The van der Waals surface area contributed by atoms with Gasteiger partial charge in [0.15, 0.2) is 0 Å². The number of nitrogens with zero attached hydrogens (tertiary/aromatic N) is 3. The number of likely N-dealkylation sites (tertiary alicyclic amines) is 1. The van der Waals surface area contributed by atoms with Crippen LogP contribution in [0.3, 0.4) is 0 Å². The molecule has 2 amide bonds. The number of amides is 2. The molecule has 4 N–H and O–H groups in total. The van der Waals surface area contributed by atoms with Gasteiger partial charge in [0.1, 0.15) is 5.82 Å². The Morgan fingerprint density at radius 1 is 1.20 bits per heavy atom. The Labute approximate surface area is 240 Å². The SMILES string of the molecule is CC[C@@H](CCCCN)C(=O)N1CC(C2CCN(S(C)=O)CC2)CC1c1ncc(-c2ccc(NC(=O)OC)cc2)[nH]1. The van der Waals surface area contributed by atoms with E-state index in [-0.39, 0.29) is 17.9 Å². The van der Waals surface area contributed by atoms with E-state index in [1.807, 2.05) is 34.8 Å². The fourth-order valence-corrected chi connectivity index (χ4v) is 6.87. The Morgan fingerprint density at radius 3 is 2.55 bits per heavy atom. The molecule has 4 rings (SSSR count). The van der Waals surface area contributed by atoms with Gasteiger partial charge in [-0.25, -0.2) is 18.3 Å². The van der Waals surface area contributed by atoms with Gasteiger partial charge in [-0.1, -0.05) is 25.5 Å². The van der Waals surface area contributed by atoms with Crippen molar-refractivity contribution in [3.63, 3.8) is 0 Å². The van der Waals surface area contributed by atoms with Crippen molar-refractivity contribution < 1.29 is 18.5 Å². The number of methoxy groups -OCH3 is 1. The summed E-state index contributed by atoms with van der Waals surface area (Å²) < 4.78 is 18.7. The van der Waals surface area contributed by atoms with Gasteiger partial charge in [0.2, 0.25) is 5.91 Å². The summed E-state index contributed by atoms with van der Waals surface area (Å²) in [5, 5.41) is 2.66. The predicted octanol–water partition coefficient (Wildman–Crippen LogP) is 4.31. The highest BCUT2D eigenvalue weighted by molar-refractivity contribution is 7.81. The summed E-state index contributed by atoms with van der Waals surface area (Å²) in [6, 6.07) is 7.36. The summed E-state index contributed by atoms with van der Waals surface area (Å²) in [4.78, 5) is 35.8. The Balaban J connectivity index is 1.52. The molecule has 2 aliphatic heterocycles. The van der Waals surface area contributed by atoms with Crippen molar-refractivity contribution in [2.75, 3.05) is 44.9 Å². The van der Waals surface area contributed by atoms with Crippen LogP contribution in [0.25, 0.3) is 11.3 Å². The third-order valence-corrected chi connectivity index (χ3v) is 9.63. The van der Waals surface area contributed by atoms with Crippen LogP contribution in [0, 0.1) is 17.8 Å². The van der Waals surface area contributed by atoms with E-state index >= 15 is 0 Å². The molecule has 3 heterocycles. The molecule has 2 saturated heterocycles. The number of rotatable bonds is 11. The van der Waals surface area contributed by atoms with Gasteiger partial charge in [0.05, 0.1) is 36.0 Å². The average molecular weight is 573 g/mol. The molecule has 2 aliphatic rings. The lowest BCUT2D eigenvalue weighted by atomic mass is 9.83. The largest absolute Gasteiger partial charge is 0.453 e. The van der Waals surface area contributed by atoms with Crippen molar-refractivity contribution in [1.29, 1.82) is 0 Å². The summed E-state index contributed by atoms with van der Waals surface area (Å²) in [6.45, 7) is 5.16. The third kappa shape index (κ3) is 7.30. The van der Waals surface area contributed by atoms with E-state index in [0.29, 0.717) is 24.1 Å². The lowest BCUT2D eigenvalue weighted by Gasteiger charge is -2.33. The van der Waals surface area contributed by atoms with Crippen molar-refractivity contribution in [3.05, 3.63) is 36.3 Å². The van der Waals surface area contributed by atoms with Crippen LogP contribution in [0.5, 0.6) is 0 Å². The lowest BCUT2D eigenvalue weighted by Crippen LogP contribution is -2.39. The number of hydrogen-bond donors (Lipinski definition) is 3. The molecule has 0 bridgehead atoms. The van der Waals surface area contributed by atoms with Crippen molar-refractivity contribution in [1.82, 2.24) is 19.2 Å². The van der Waals surface area contributed by atoms with E-state index in [2.05, 4.69) is 26.9 Å². The number of anilines is 1. The van der Waals surface area contributed by atoms with Crippen LogP contribution >= 0.6 is 0 Å². The Morgan fingerprint density at radius 2 is 1.93 bits per heavy atom. The number of carbonyl (C=O) groups is 2. The molecule has 2 aromatic rings. The molecule has 10 nitrogen and oxygen atoms in total. The first-order valence-electron chi connectivity index (χ1n) is 14.4. The van der Waals surface area contributed by atoms with E-state index in [0.717, 1.165) is 81.7 Å². The summed E-state index contributed by atoms with van der Waals surface area (Å²) in [6.07, 6.45) is 9.50. The van der Waals surface area contributed by atoms with Gasteiger partial charge < -0.3 is 20.4 Å². The average Bonchev–Trinajstić information content (AvgIpc) is 3.63. The van der Waals surface area contributed by atoms with Crippen LogP contribution in [-0.2, 0) is 20.5 Å². The molecule has 1 aromatic carbocycles. The van der Waals surface area contributed by atoms with E-state index in [4.69, 9.17) is 10.7 Å². The number of aromatic nitrogens is 2. The highest BCUT2D eigenvalue weighted by Crippen LogP contribution is 2.42. The first kappa shape index (κ1) is 30.2. The maximum absolute atomic E-state index is 13.9. The second-order valence-corrected chi connectivity index (χ2v) is 12.3. The third-order valence-electron chi connectivity index (χ3n) is 8.53. The number of carbonyl (C=O) groups excluding carboxylic acids is 2. The van der Waals surface area contributed by atoms with Gasteiger partial charge in [-0.2, -0.15) is 0 Å². The zero-order valence-corrected chi connectivity index (χ0v) is 24.8. The maximum atomic E-state index is 13.9. The van der Waals surface area contributed by atoms with Crippen molar-refractivity contribution >= 4 is 28.7 Å². The fraction of sp³-hybridized carbons (Fsp3) is 0.621. The molecule has 40 heavy (non-hydrogen) atoms. The number of nitrogens with one attached hydrogen (secondary N) is 2. The number of nitrogens with two attached hydrogens (primary N) is 1. The number of unbranched alkanes of at least 4 members (excludes halogenated alkanes) is 1. The van der Waals surface area contributed by atoms with Gasteiger partial charge in [0, 0.05) is 37.5 Å². The standard InChI is InChI=1S/C29H44N6O4S/c1-4-20(7-5-6-14-30)28(36)35-19-23(21-12-15-34(16-13-21)40(3)38)17-26(35)27-31-18-25(33-27)22-8-10-24(11-9-22)32-29(37)39-2/h8-11,18,20-21,23,26H,4-7,12-17,19,30H2,1-3H3,(H,31,33)(H,32,37)/t20-,23?,26?,40?/m0/s1. The van der Waals surface area contributed by atoms with E-state index in [1.54, 1.807) is 6.26 Å². The van der Waals surface area contributed by atoms with Gasteiger partial charge in [-0.05, 0) is 74.6 Å². The first-order valence-corrected chi connectivity index (χ1v) is 15.9. The summed E-state index contributed by atoms with van der Waals surface area (Å²) in [5.74, 6) is 1.91. The molecule has 220 valence electrons. The fourth-order valence-electron chi connectivity index (χ4n) is 6.14. The van der Waals surface area contributed by atoms with Gasteiger partial charge in [-0.3, -0.25) is 10.1 Å². The Kier molecular flexibility index (Phi) is 10.7. The molecule has 4 atom stereocenters. The number of imidazole rings is 1. The molecule has 0 saturated carbocycles. The maximum Gasteiger partial charge on any atom is 0.411 e. The number of ether oxygens (including phenoxy) is 1. The highest BCUT2D eigenvalue weighted by atomic mass is 32.2. The van der Waals surface area contributed by atoms with Crippen LogP contribution in [0.2, 0.25) is 0 Å². The van der Waals surface area contributed by atoms with Crippen LogP contribution in [0.15, 0.2) is 30.5 Å². The van der Waals surface area contributed by atoms with Crippen LogP contribution in [0.1, 0.15) is 63.7 Å². The van der Waals surface area contributed by atoms with Crippen LogP contribution in [-0.4, -0.2) is 74.9 Å². The van der Waals surface area contributed by atoms with E-state index in [1.165, 1.54) is 7.11 Å². The minimum Gasteiger partial charge on any atom is -0.453 e. The summed E-state index contributed by atoms with van der Waals surface area (Å²) in [5.41, 5.74) is 8.16. The molecule has 11 heteroatoms. The van der Waals surface area contributed by atoms with Crippen LogP contribution in [0.4, 0.5) is 10.5 Å². The van der Waals surface area contributed by atoms with Gasteiger partial charge in [-0.15, -0.1) is 0 Å². The molecule has 1 aromatic heterocycles. The smallest absolute Gasteiger partial charge is 0.411 e. The topological polar surface area (TPSA) is 134 Å². The molecular formula is C29H44N6O4S. The molecule has 0 aliphatic carbocycles. The second kappa shape index (κ2) is 14.2. The van der Waals surface area contributed by atoms with Gasteiger partial charge in [0.25, 0.3) is 0 Å². The second-order valence-electron chi connectivity index (χ2n) is 11.0. The zero-order valence-electron chi connectivity index (χ0n) is 23.9. The minimum atomic E-state index is -0.934. The zero-order chi connectivity index (χ0) is 28.6. The number of hydrogen-bond acceptors (Lipinski definition) is 6. The van der Waals surface area contributed by atoms with Crippen molar-refractivity contribution in [2.45, 2.75) is 57.9 Å². The number of H-pyrrole nitrogens is 1. The molecule has 0 spiro atoms. The monoisotopic (exact) mass is 572 g/mol. The first-order chi connectivity index (χ1) is 19.3. The Bertz CT molecular complexity index is 1150. The summed E-state index contributed by atoms with van der Waals surface area (Å²) >= 11 is 0. The van der Waals surface area contributed by atoms with Gasteiger partial charge >= 0.3 is 6.09 Å². The quantitative estimate of drug-likeness (QED) is 0.344. The number of aromatic amines is 1. The highest BCUT2D eigenvalue weighted by Gasteiger charge is 2.43. The van der Waals surface area contributed by atoms with Crippen molar-refractivity contribution in [2.24, 2.45) is 23.5 Å². The Hall–Kier alpha value is -2.76. The predicted molar refractivity (Wildman–Crippen MR) is 158 cm³/mol. The van der Waals surface area contributed by atoms with Crippen molar-refractivity contribution in [3.8, 4) is 11.3 Å². The molecule has 0 radical (unpaired) electrons. The number of benzene rings is 1. The van der Waals surface area contributed by atoms with E-state index in [9.17, 15) is 13.8 Å². The molecular weight excluding hydrogens is 528 g/mol. The normalized spacial score (nSPS) is 21.8. The number of piperidine rings is 1. The summed E-state index contributed by atoms with van der Waals surface area (Å²) in [7, 11) is 0.396. The molecule has 2 fully saturated rings. The van der Waals surface area contributed by atoms with Crippen LogP contribution < -0.4 is 11.1 Å². The minimum absolute atomic E-state index is 0.0125. The van der Waals surface area contributed by atoms with E-state index < -0.39 is 17.1 Å². The lowest BCUT2D eigenvalue weighted by molar-refractivity contribution is -0.137.